The number of carbonyl (C=O) groups excluding carboxylic acids is 2. The first-order valence-corrected chi connectivity index (χ1v) is 9.93. The molecular weight excluding hydrogens is 392 g/mol. The lowest BCUT2D eigenvalue weighted by molar-refractivity contribution is 0.0840. The minimum absolute atomic E-state index is 0.0186. The van der Waals surface area contributed by atoms with Crippen LogP contribution in [0.2, 0.25) is 0 Å². The van der Waals surface area contributed by atoms with Gasteiger partial charge in [0, 0.05) is 5.39 Å². The van der Waals surface area contributed by atoms with Crippen molar-refractivity contribution in [1.29, 1.82) is 0 Å². The van der Waals surface area contributed by atoms with Crippen molar-refractivity contribution in [3.63, 3.8) is 0 Å². The normalized spacial score (nSPS) is 11.0. The Hall–Kier alpha value is -4.07. The van der Waals surface area contributed by atoms with Gasteiger partial charge >= 0.3 is 0 Å². The average Bonchev–Trinajstić information content (AvgIpc) is 3.23. The Morgan fingerprint density at radius 3 is 2.35 bits per heavy atom. The predicted octanol–water partition coefficient (Wildman–Crippen LogP) is 3.32. The Balaban J connectivity index is 1.52. The molecule has 8 heteroatoms. The number of hydrogen-bond acceptors (Lipinski definition) is 5. The molecule has 0 bridgehead atoms. The zero-order chi connectivity index (χ0) is 22.0. The van der Waals surface area contributed by atoms with E-state index in [0.717, 1.165) is 16.6 Å². The first-order valence-electron chi connectivity index (χ1n) is 9.93. The van der Waals surface area contributed by atoms with Crippen molar-refractivity contribution in [3.8, 4) is 5.69 Å². The fraction of sp³-hybridized carbons (Fsp3) is 0.174. The van der Waals surface area contributed by atoms with E-state index in [4.69, 9.17) is 0 Å². The quantitative estimate of drug-likeness (QED) is 0.499. The predicted molar refractivity (Wildman–Crippen MR) is 117 cm³/mol. The first kappa shape index (κ1) is 20.2. The molecule has 4 rings (SSSR count). The molecular formula is C23H22N6O2. The zero-order valence-electron chi connectivity index (χ0n) is 17.5. The largest absolute Gasteiger partial charge is 0.292 e. The van der Waals surface area contributed by atoms with Gasteiger partial charge in [0.1, 0.15) is 5.69 Å². The van der Waals surface area contributed by atoms with Crippen molar-refractivity contribution in [1.82, 2.24) is 30.8 Å². The second-order valence-corrected chi connectivity index (χ2v) is 7.52. The molecule has 8 nitrogen and oxygen atoms in total. The number of fused-ring (bicyclic) bond motifs is 1. The number of aromatic nitrogens is 4. The Labute approximate surface area is 179 Å². The number of hydrogen-bond donors (Lipinski definition) is 2. The Morgan fingerprint density at radius 2 is 1.61 bits per heavy atom. The van der Waals surface area contributed by atoms with Crippen LogP contribution in [0.25, 0.3) is 16.6 Å². The maximum atomic E-state index is 12.8. The van der Waals surface area contributed by atoms with Crippen LogP contribution >= 0.6 is 0 Å². The molecule has 4 aromatic rings. The molecule has 2 aromatic carbocycles. The van der Waals surface area contributed by atoms with Crippen LogP contribution in [0.15, 0.2) is 60.7 Å². The van der Waals surface area contributed by atoms with Gasteiger partial charge in [-0.2, -0.15) is 0 Å². The summed E-state index contributed by atoms with van der Waals surface area (Å²) in [6, 6.07) is 18.7. The number of pyridine rings is 1. The number of aryl methyl sites for hydroxylation is 1. The summed E-state index contributed by atoms with van der Waals surface area (Å²) in [5.41, 5.74) is 8.47. The number of carbonyl (C=O) groups is 2. The summed E-state index contributed by atoms with van der Waals surface area (Å²) in [5, 5.41) is 9.15. The fourth-order valence-corrected chi connectivity index (χ4v) is 3.27. The minimum Gasteiger partial charge on any atom is -0.266 e. The van der Waals surface area contributed by atoms with Gasteiger partial charge in [-0.15, -0.1) is 5.10 Å². The number of rotatable bonds is 4. The van der Waals surface area contributed by atoms with Crippen LogP contribution in [0.3, 0.4) is 0 Å². The molecule has 0 fully saturated rings. The fourth-order valence-electron chi connectivity index (χ4n) is 3.27. The van der Waals surface area contributed by atoms with Crippen molar-refractivity contribution in [3.05, 3.63) is 83.3 Å². The van der Waals surface area contributed by atoms with Gasteiger partial charge in [-0.05, 0) is 37.1 Å². The second-order valence-electron chi connectivity index (χ2n) is 7.52. The van der Waals surface area contributed by atoms with Gasteiger partial charge in [0.25, 0.3) is 11.8 Å². The van der Waals surface area contributed by atoms with E-state index in [1.54, 1.807) is 10.7 Å². The van der Waals surface area contributed by atoms with Crippen molar-refractivity contribution < 1.29 is 9.59 Å². The van der Waals surface area contributed by atoms with Crippen molar-refractivity contribution in [2.45, 2.75) is 26.7 Å². The molecule has 31 heavy (non-hydrogen) atoms. The van der Waals surface area contributed by atoms with E-state index in [-0.39, 0.29) is 17.3 Å². The highest BCUT2D eigenvalue weighted by Gasteiger charge is 2.23. The highest BCUT2D eigenvalue weighted by atomic mass is 16.2. The summed E-state index contributed by atoms with van der Waals surface area (Å²) in [6.07, 6.45) is 0. The van der Waals surface area contributed by atoms with Crippen LogP contribution in [0, 0.1) is 6.92 Å². The minimum atomic E-state index is -0.545. The lowest BCUT2D eigenvalue weighted by Crippen LogP contribution is -2.42. The molecule has 0 atom stereocenters. The molecule has 0 aliphatic rings. The van der Waals surface area contributed by atoms with E-state index < -0.39 is 11.8 Å². The van der Waals surface area contributed by atoms with Gasteiger partial charge in [0.05, 0.1) is 16.9 Å². The van der Waals surface area contributed by atoms with Gasteiger partial charge < -0.3 is 0 Å². The molecule has 156 valence electrons. The number of benzene rings is 2. The molecule has 0 unspecified atom stereocenters. The van der Waals surface area contributed by atoms with Gasteiger partial charge in [-0.3, -0.25) is 20.4 Å². The lowest BCUT2D eigenvalue weighted by Gasteiger charge is -2.12. The van der Waals surface area contributed by atoms with E-state index in [1.807, 2.05) is 75.4 Å². The van der Waals surface area contributed by atoms with Crippen LogP contribution in [0.4, 0.5) is 0 Å². The number of nitrogens with one attached hydrogen (secondary N) is 2. The number of amides is 2. The van der Waals surface area contributed by atoms with Crippen LogP contribution < -0.4 is 10.9 Å². The summed E-state index contributed by atoms with van der Waals surface area (Å²) in [5.74, 6) is -1.08. The highest BCUT2D eigenvalue weighted by Crippen LogP contribution is 2.21. The van der Waals surface area contributed by atoms with Gasteiger partial charge in [0.15, 0.2) is 5.69 Å². The summed E-state index contributed by atoms with van der Waals surface area (Å²) in [4.78, 5) is 29.6. The topological polar surface area (TPSA) is 102 Å². The third-order valence-electron chi connectivity index (χ3n) is 4.87. The van der Waals surface area contributed by atoms with Crippen molar-refractivity contribution in [2.75, 3.05) is 0 Å². The van der Waals surface area contributed by atoms with E-state index in [0.29, 0.717) is 11.2 Å². The molecule has 0 radical (unpaired) electrons. The summed E-state index contributed by atoms with van der Waals surface area (Å²) < 4.78 is 1.64. The molecule has 2 aromatic heterocycles. The average molecular weight is 414 g/mol. The monoisotopic (exact) mass is 414 g/mol. The van der Waals surface area contributed by atoms with Crippen molar-refractivity contribution >= 4 is 22.7 Å². The Bertz CT molecular complexity index is 1260. The standard InChI is InChI=1S/C23H22N6O2/c1-14(2)21-20(25-28-29(21)17-11-8-15(3)9-12-17)23(31)27-26-22(30)19-13-10-16-6-4-5-7-18(16)24-19/h4-14H,1-3H3,(H,26,30)(H,27,31). The zero-order valence-corrected chi connectivity index (χ0v) is 17.5. The molecule has 2 amide bonds. The molecule has 0 saturated heterocycles. The Kier molecular flexibility index (Phi) is 5.44. The molecule has 0 aliphatic carbocycles. The maximum absolute atomic E-state index is 12.8. The number of para-hydroxylation sites is 1. The maximum Gasteiger partial charge on any atom is 0.292 e. The van der Waals surface area contributed by atoms with E-state index in [9.17, 15) is 9.59 Å². The molecule has 2 heterocycles. The van der Waals surface area contributed by atoms with Crippen LogP contribution in [-0.4, -0.2) is 31.8 Å². The molecule has 0 aliphatic heterocycles. The smallest absolute Gasteiger partial charge is 0.266 e. The molecule has 0 saturated carbocycles. The summed E-state index contributed by atoms with van der Waals surface area (Å²) in [6.45, 7) is 5.91. The number of hydrazine groups is 1. The third-order valence-corrected chi connectivity index (χ3v) is 4.87. The lowest BCUT2D eigenvalue weighted by atomic mass is 10.1. The van der Waals surface area contributed by atoms with E-state index in [2.05, 4.69) is 26.1 Å². The number of nitrogens with zero attached hydrogens (tertiary/aromatic N) is 4. The first-order chi connectivity index (χ1) is 14.9. The highest BCUT2D eigenvalue weighted by molar-refractivity contribution is 5.99. The van der Waals surface area contributed by atoms with Crippen LogP contribution in [0.5, 0.6) is 0 Å². The van der Waals surface area contributed by atoms with E-state index in [1.165, 1.54) is 0 Å². The summed E-state index contributed by atoms with van der Waals surface area (Å²) in [7, 11) is 0. The SMILES string of the molecule is Cc1ccc(-n2nnc(C(=O)NNC(=O)c3ccc4ccccc4n3)c2C(C)C)cc1. The second kappa shape index (κ2) is 8.35. The molecule has 2 N–H and O–H groups in total. The molecule has 0 spiro atoms. The Morgan fingerprint density at radius 1 is 0.903 bits per heavy atom. The van der Waals surface area contributed by atoms with Gasteiger partial charge in [-0.1, -0.05) is 61.0 Å². The van der Waals surface area contributed by atoms with E-state index >= 15 is 0 Å². The summed E-state index contributed by atoms with van der Waals surface area (Å²) >= 11 is 0. The van der Waals surface area contributed by atoms with Crippen LogP contribution in [-0.2, 0) is 0 Å². The third kappa shape index (κ3) is 4.13. The van der Waals surface area contributed by atoms with Gasteiger partial charge in [-0.25, -0.2) is 9.67 Å². The van der Waals surface area contributed by atoms with Gasteiger partial charge in [0.2, 0.25) is 0 Å². The van der Waals surface area contributed by atoms with Crippen LogP contribution in [0.1, 0.15) is 52.0 Å². The van der Waals surface area contributed by atoms with Crippen molar-refractivity contribution in [2.24, 2.45) is 0 Å².